The van der Waals surface area contributed by atoms with E-state index in [9.17, 15) is 14.0 Å². The number of carbonyl (C=O) groups is 2. The van der Waals surface area contributed by atoms with Gasteiger partial charge in [0.25, 0.3) is 0 Å². The van der Waals surface area contributed by atoms with E-state index in [0.717, 1.165) is 0 Å². The molecule has 0 aliphatic heterocycles. The number of carbonyl (C=O) groups excluding carboxylic acids is 2. The molecule has 0 saturated carbocycles. The van der Waals surface area contributed by atoms with Gasteiger partial charge in [0.05, 0.1) is 14.2 Å². The van der Waals surface area contributed by atoms with Crippen LogP contribution in [0.4, 0.5) is 4.39 Å². The van der Waals surface area contributed by atoms with Crippen LogP contribution in [0.5, 0.6) is 11.5 Å². The molecule has 0 unspecified atom stereocenters. The third-order valence-electron chi connectivity index (χ3n) is 3.33. The lowest BCUT2D eigenvalue weighted by atomic mass is 10.1. The highest BCUT2D eigenvalue weighted by atomic mass is 19.1. The van der Waals surface area contributed by atoms with E-state index in [1.54, 1.807) is 30.3 Å². The minimum Gasteiger partial charge on any atom is -0.494 e. The Morgan fingerprint density at radius 1 is 1.08 bits per heavy atom. The normalized spacial score (nSPS) is 10.5. The lowest BCUT2D eigenvalue weighted by Crippen LogP contribution is -2.12. The highest BCUT2D eigenvalue weighted by molar-refractivity contribution is 6.06. The van der Waals surface area contributed by atoms with E-state index in [1.807, 2.05) is 0 Å². The van der Waals surface area contributed by atoms with Crippen LogP contribution >= 0.6 is 0 Å². The van der Waals surface area contributed by atoms with Crippen LogP contribution in [0.15, 0.2) is 48.5 Å². The molecule has 0 N–H and O–H groups in total. The smallest absolute Gasteiger partial charge is 0.343 e. The highest BCUT2D eigenvalue weighted by Crippen LogP contribution is 2.19. The highest BCUT2D eigenvalue weighted by Gasteiger charge is 2.06. The summed E-state index contributed by atoms with van der Waals surface area (Å²) in [5.41, 5.74) is 0.986. The Morgan fingerprint density at radius 2 is 1.80 bits per heavy atom. The van der Waals surface area contributed by atoms with Gasteiger partial charge in [0, 0.05) is 5.56 Å². The number of esters is 1. The van der Waals surface area contributed by atoms with Crippen LogP contribution in [0.3, 0.4) is 0 Å². The maximum atomic E-state index is 13.6. The number of benzene rings is 2. The molecule has 0 saturated heterocycles. The molecule has 0 fully saturated rings. The van der Waals surface area contributed by atoms with Crippen molar-refractivity contribution in [2.24, 2.45) is 0 Å². The van der Waals surface area contributed by atoms with Crippen LogP contribution in [0.1, 0.15) is 15.9 Å². The van der Waals surface area contributed by atoms with Crippen LogP contribution < -0.4 is 9.47 Å². The van der Waals surface area contributed by atoms with Crippen molar-refractivity contribution >= 4 is 17.8 Å². The lowest BCUT2D eigenvalue weighted by Gasteiger charge is -2.05. The quantitative estimate of drug-likeness (QED) is 0.438. The lowest BCUT2D eigenvalue weighted by molar-refractivity contribution is -0.142. The standard InChI is InChI=1S/C19H17FO5/c1-23-18-10-4-13(11-16(18)20)3-9-17(21)14-5-7-15(8-6-14)25-12-19(22)24-2/h3-11H,12H2,1-2H3/b9-3+. The molecular formula is C19H17FO5. The van der Waals surface area contributed by atoms with Crippen molar-refractivity contribution in [2.75, 3.05) is 20.8 Å². The van der Waals surface area contributed by atoms with Gasteiger partial charge in [-0.25, -0.2) is 9.18 Å². The molecular weight excluding hydrogens is 327 g/mol. The summed E-state index contributed by atoms with van der Waals surface area (Å²) in [4.78, 5) is 23.1. The largest absolute Gasteiger partial charge is 0.494 e. The summed E-state index contributed by atoms with van der Waals surface area (Å²) in [6.07, 6.45) is 2.87. The molecule has 0 amide bonds. The van der Waals surface area contributed by atoms with Crippen molar-refractivity contribution in [2.45, 2.75) is 0 Å². The Balaban J connectivity index is 2.00. The fourth-order valence-corrected chi connectivity index (χ4v) is 1.97. The van der Waals surface area contributed by atoms with Gasteiger partial charge >= 0.3 is 5.97 Å². The third kappa shape index (κ3) is 5.17. The fraction of sp³-hybridized carbons (Fsp3) is 0.158. The minimum atomic E-state index is -0.496. The predicted octanol–water partition coefficient (Wildman–Crippen LogP) is 3.28. The van der Waals surface area contributed by atoms with Crippen LogP contribution in [0.25, 0.3) is 6.08 Å². The molecule has 0 atom stereocenters. The predicted molar refractivity (Wildman–Crippen MR) is 90.3 cm³/mol. The van der Waals surface area contributed by atoms with Crippen molar-refractivity contribution in [1.29, 1.82) is 0 Å². The first-order valence-corrected chi connectivity index (χ1v) is 7.39. The first kappa shape index (κ1) is 18.2. The summed E-state index contributed by atoms with van der Waals surface area (Å²) in [7, 11) is 2.66. The van der Waals surface area contributed by atoms with E-state index >= 15 is 0 Å². The van der Waals surface area contributed by atoms with Crippen molar-refractivity contribution in [3.8, 4) is 11.5 Å². The zero-order chi connectivity index (χ0) is 18.2. The molecule has 2 aromatic rings. The molecule has 0 aliphatic rings. The van der Waals surface area contributed by atoms with Gasteiger partial charge < -0.3 is 14.2 Å². The molecule has 0 aromatic heterocycles. The molecule has 6 heteroatoms. The van der Waals surface area contributed by atoms with Crippen LogP contribution in [0, 0.1) is 5.82 Å². The average molecular weight is 344 g/mol. The Morgan fingerprint density at radius 3 is 2.40 bits per heavy atom. The molecule has 2 rings (SSSR count). The van der Waals surface area contributed by atoms with Crippen LogP contribution in [-0.4, -0.2) is 32.6 Å². The Kier molecular flexibility index (Phi) is 6.28. The van der Waals surface area contributed by atoms with E-state index in [4.69, 9.17) is 9.47 Å². The van der Waals surface area contributed by atoms with Crippen LogP contribution in [0.2, 0.25) is 0 Å². The van der Waals surface area contributed by atoms with E-state index in [2.05, 4.69) is 4.74 Å². The van der Waals surface area contributed by atoms with E-state index in [0.29, 0.717) is 16.9 Å². The van der Waals surface area contributed by atoms with Crippen molar-refractivity contribution in [3.05, 3.63) is 65.5 Å². The minimum absolute atomic E-state index is 0.144. The van der Waals surface area contributed by atoms with Gasteiger partial charge in [-0.3, -0.25) is 4.79 Å². The first-order chi connectivity index (χ1) is 12.0. The molecule has 0 radical (unpaired) electrons. The number of hydrogen-bond donors (Lipinski definition) is 0. The molecule has 0 spiro atoms. The van der Waals surface area contributed by atoms with Gasteiger partial charge in [-0.1, -0.05) is 12.1 Å². The topological polar surface area (TPSA) is 61.8 Å². The number of hydrogen-bond acceptors (Lipinski definition) is 5. The molecule has 0 bridgehead atoms. The zero-order valence-electron chi connectivity index (χ0n) is 13.8. The second-order valence-corrected chi connectivity index (χ2v) is 4.98. The molecule has 5 nitrogen and oxygen atoms in total. The third-order valence-corrected chi connectivity index (χ3v) is 3.33. The fourth-order valence-electron chi connectivity index (χ4n) is 1.97. The second-order valence-electron chi connectivity index (χ2n) is 4.98. The summed E-state index contributed by atoms with van der Waals surface area (Å²) in [6.45, 7) is -0.202. The van der Waals surface area contributed by atoms with Crippen LogP contribution in [-0.2, 0) is 9.53 Å². The SMILES string of the molecule is COC(=O)COc1ccc(C(=O)/C=C/c2ccc(OC)c(F)c2)cc1. The molecule has 25 heavy (non-hydrogen) atoms. The van der Waals surface area contributed by atoms with Gasteiger partial charge in [0.15, 0.2) is 24.0 Å². The van der Waals surface area contributed by atoms with Gasteiger partial charge in [-0.05, 0) is 48.0 Å². The van der Waals surface area contributed by atoms with Gasteiger partial charge in [-0.15, -0.1) is 0 Å². The number of allylic oxidation sites excluding steroid dienone is 1. The Labute approximate surface area is 144 Å². The van der Waals surface area contributed by atoms with Crippen molar-refractivity contribution < 1.29 is 28.2 Å². The monoisotopic (exact) mass is 344 g/mol. The van der Waals surface area contributed by atoms with Gasteiger partial charge in [0.2, 0.25) is 0 Å². The summed E-state index contributed by atoms with van der Waals surface area (Å²) in [5, 5.41) is 0. The maximum Gasteiger partial charge on any atom is 0.343 e. The molecule has 2 aromatic carbocycles. The summed E-state index contributed by atoms with van der Waals surface area (Å²) >= 11 is 0. The first-order valence-electron chi connectivity index (χ1n) is 7.39. The van der Waals surface area contributed by atoms with E-state index in [-0.39, 0.29) is 18.1 Å². The molecule has 0 aliphatic carbocycles. The molecule has 0 heterocycles. The number of halogens is 1. The summed E-state index contributed by atoms with van der Waals surface area (Å²) in [5.74, 6) is -0.635. The van der Waals surface area contributed by atoms with Gasteiger partial charge in [0.1, 0.15) is 5.75 Å². The Bertz CT molecular complexity index is 781. The second kappa shape index (κ2) is 8.63. The summed E-state index contributed by atoms with van der Waals surface area (Å²) in [6, 6.07) is 10.7. The number of ketones is 1. The van der Waals surface area contributed by atoms with Gasteiger partial charge in [-0.2, -0.15) is 0 Å². The van der Waals surface area contributed by atoms with Crippen molar-refractivity contribution in [3.63, 3.8) is 0 Å². The number of methoxy groups -OCH3 is 2. The number of ether oxygens (including phenoxy) is 3. The van der Waals surface area contributed by atoms with Crippen molar-refractivity contribution in [1.82, 2.24) is 0 Å². The van der Waals surface area contributed by atoms with E-state index < -0.39 is 11.8 Å². The van der Waals surface area contributed by atoms with E-state index in [1.165, 1.54) is 38.5 Å². The number of rotatable bonds is 7. The maximum absolute atomic E-state index is 13.6. The zero-order valence-corrected chi connectivity index (χ0v) is 13.8. The Hall–Kier alpha value is -3.15. The average Bonchev–Trinajstić information content (AvgIpc) is 2.64. The summed E-state index contributed by atoms with van der Waals surface area (Å²) < 4.78 is 28.1. The molecule has 130 valence electrons.